The van der Waals surface area contributed by atoms with Crippen LogP contribution in [0.4, 0.5) is 0 Å². The molecule has 1 aliphatic rings. The van der Waals surface area contributed by atoms with E-state index in [9.17, 15) is 14.4 Å². The SMILES string of the molecule is CCOC(=O)COc1ccc(/C=c2\sc3n(c2=O)[C@H](c2cc(OC)c(OC)cc2Br)C(C(=O)OCC)=C(C)N=3)cc1Br. The van der Waals surface area contributed by atoms with Crippen molar-refractivity contribution in [2.75, 3.05) is 34.0 Å². The first-order valence-corrected chi connectivity index (χ1v) is 15.2. The number of halogens is 2. The molecule has 1 aliphatic heterocycles. The predicted molar refractivity (Wildman–Crippen MR) is 164 cm³/mol. The Morgan fingerprint density at radius 2 is 1.69 bits per heavy atom. The zero-order chi connectivity index (χ0) is 30.6. The van der Waals surface area contributed by atoms with Gasteiger partial charge in [0.25, 0.3) is 5.56 Å². The van der Waals surface area contributed by atoms with E-state index < -0.39 is 18.0 Å². The first-order chi connectivity index (χ1) is 20.1. The van der Waals surface area contributed by atoms with Gasteiger partial charge in [-0.1, -0.05) is 33.3 Å². The van der Waals surface area contributed by atoms with Gasteiger partial charge in [-0.2, -0.15) is 0 Å². The van der Waals surface area contributed by atoms with E-state index in [1.165, 1.54) is 30.1 Å². The lowest BCUT2D eigenvalue weighted by Gasteiger charge is -2.26. The number of ether oxygens (including phenoxy) is 5. The Morgan fingerprint density at radius 3 is 2.33 bits per heavy atom. The van der Waals surface area contributed by atoms with Gasteiger partial charge in [-0.15, -0.1) is 0 Å². The summed E-state index contributed by atoms with van der Waals surface area (Å²) in [5, 5.41) is 0. The van der Waals surface area contributed by atoms with Gasteiger partial charge in [-0.25, -0.2) is 14.6 Å². The normalized spacial score (nSPS) is 14.6. The molecule has 0 amide bonds. The van der Waals surface area contributed by atoms with Crippen molar-refractivity contribution >= 4 is 61.2 Å². The van der Waals surface area contributed by atoms with Crippen molar-refractivity contribution in [3.8, 4) is 17.2 Å². The van der Waals surface area contributed by atoms with Gasteiger partial charge in [-0.3, -0.25) is 9.36 Å². The molecule has 2 aromatic carbocycles. The lowest BCUT2D eigenvalue weighted by Crippen LogP contribution is -2.40. The predicted octanol–water partition coefficient (Wildman–Crippen LogP) is 4.28. The number of carbonyl (C=O) groups excluding carboxylic acids is 2. The number of rotatable bonds is 10. The van der Waals surface area contributed by atoms with E-state index in [1.807, 2.05) is 0 Å². The number of esters is 2. The van der Waals surface area contributed by atoms with E-state index in [-0.39, 0.29) is 31.0 Å². The van der Waals surface area contributed by atoms with Crippen LogP contribution in [0, 0.1) is 0 Å². The summed E-state index contributed by atoms with van der Waals surface area (Å²) in [5.41, 5.74) is 1.66. The van der Waals surface area contributed by atoms with E-state index in [4.69, 9.17) is 23.7 Å². The molecule has 0 spiro atoms. The molecule has 42 heavy (non-hydrogen) atoms. The fraction of sp³-hybridized carbons (Fsp3) is 0.310. The van der Waals surface area contributed by atoms with Crippen LogP contribution in [0.3, 0.4) is 0 Å². The van der Waals surface area contributed by atoms with E-state index >= 15 is 0 Å². The summed E-state index contributed by atoms with van der Waals surface area (Å²) in [6.07, 6.45) is 1.73. The van der Waals surface area contributed by atoms with Gasteiger partial charge < -0.3 is 23.7 Å². The molecule has 0 N–H and O–H groups in total. The molecule has 0 unspecified atom stereocenters. The van der Waals surface area contributed by atoms with Crippen molar-refractivity contribution in [3.63, 3.8) is 0 Å². The zero-order valence-corrected chi connectivity index (χ0v) is 27.5. The number of thiazole rings is 1. The average Bonchev–Trinajstić information content (AvgIpc) is 3.25. The number of allylic oxidation sites excluding steroid dienone is 1. The van der Waals surface area contributed by atoms with Crippen molar-refractivity contribution in [2.24, 2.45) is 4.99 Å². The standard InChI is InChI=1S/C29H28Br2N2O8S/c1-6-39-24(34)14-41-20-9-8-16(10-19(20)31)11-23-27(35)33-26(17-12-21(37-4)22(38-5)13-18(17)30)25(28(36)40-7-2)15(3)32-29(33)42-23/h8-13,26H,6-7,14H2,1-5H3/b23-11-/t26-/m1/s1. The van der Waals surface area contributed by atoms with Crippen molar-refractivity contribution in [1.29, 1.82) is 0 Å². The quantitative estimate of drug-likeness (QED) is 0.285. The summed E-state index contributed by atoms with van der Waals surface area (Å²) >= 11 is 8.26. The van der Waals surface area contributed by atoms with E-state index in [0.717, 1.165) is 0 Å². The Labute approximate surface area is 262 Å². The van der Waals surface area contributed by atoms with Crippen LogP contribution in [0.1, 0.15) is 37.9 Å². The Morgan fingerprint density at radius 1 is 1.00 bits per heavy atom. The monoisotopic (exact) mass is 722 g/mol. The number of hydrogen-bond donors (Lipinski definition) is 0. The Hall–Kier alpha value is -3.42. The number of hydrogen-bond acceptors (Lipinski definition) is 10. The van der Waals surface area contributed by atoms with Gasteiger partial charge >= 0.3 is 11.9 Å². The molecule has 222 valence electrons. The lowest BCUT2D eigenvalue weighted by molar-refractivity contribution is -0.145. The molecule has 4 rings (SSSR count). The van der Waals surface area contributed by atoms with Gasteiger partial charge in [0.2, 0.25) is 0 Å². The fourth-order valence-corrected chi connectivity index (χ4v) is 6.48. The molecule has 0 saturated heterocycles. The summed E-state index contributed by atoms with van der Waals surface area (Å²) in [4.78, 5) is 43.9. The third-order valence-corrected chi connectivity index (χ3v) is 8.51. The molecule has 1 aromatic heterocycles. The summed E-state index contributed by atoms with van der Waals surface area (Å²) in [5.74, 6) is 0.337. The number of methoxy groups -OCH3 is 2. The number of nitrogens with zero attached hydrogens (tertiary/aromatic N) is 2. The third-order valence-electron chi connectivity index (χ3n) is 6.22. The van der Waals surface area contributed by atoms with Crippen LogP contribution in [0.5, 0.6) is 17.2 Å². The molecule has 0 bridgehead atoms. The van der Waals surface area contributed by atoms with E-state index in [2.05, 4.69) is 36.9 Å². The van der Waals surface area contributed by atoms with Crippen LogP contribution < -0.4 is 29.1 Å². The average molecular weight is 724 g/mol. The maximum atomic E-state index is 14.0. The second kappa shape index (κ2) is 13.7. The van der Waals surface area contributed by atoms with Crippen molar-refractivity contribution in [1.82, 2.24) is 4.57 Å². The van der Waals surface area contributed by atoms with E-state index in [0.29, 0.717) is 52.4 Å². The Kier molecular flexibility index (Phi) is 10.3. The van der Waals surface area contributed by atoms with E-state index in [1.54, 1.807) is 57.2 Å². The topological polar surface area (TPSA) is 115 Å². The van der Waals surface area contributed by atoms with Crippen molar-refractivity contribution in [2.45, 2.75) is 26.8 Å². The molecule has 0 aliphatic carbocycles. The molecule has 2 heterocycles. The minimum absolute atomic E-state index is 0.161. The maximum absolute atomic E-state index is 14.0. The highest BCUT2D eigenvalue weighted by Gasteiger charge is 2.35. The number of benzene rings is 2. The van der Waals surface area contributed by atoms with Gasteiger partial charge in [-0.05, 0) is 78.2 Å². The van der Waals surface area contributed by atoms with Crippen molar-refractivity contribution < 1.29 is 33.3 Å². The fourth-order valence-electron chi connectivity index (χ4n) is 4.38. The first-order valence-electron chi connectivity index (χ1n) is 12.8. The lowest BCUT2D eigenvalue weighted by atomic mass is 9.95. The third kappa shape index (κ3) is 6.47. The smallest absolute Gasteiger partial charge is 0.344 e. The summed E-state index contributed by atoms with van der Waals surface area (Å²) in [6, 6.07) is 7.85. The maximum Gasteiger partial charge on any atom is 0.344 e. The second-order valence-corrected chi connectivity index (χ2v) is 11.5. The largest absolute Gasteiger partial charge is 0.493 e. The summed E-state index contributed by atoms with van der Waals surface area (Å²) < 4.78 is 29.9. The second-order valence-electron chi connectivity index (χ2n) is 8.81. The summed E-state index contributed by atoms with van der Waals surface area (Å²) in [6.45, 7) is 5.36. The van der Waals surface area contributed by atoms with Crippen LogP contribution in [0.15, 0.2) is 60.3 Å². The molecule has 0 radical (unpaired) electrons. The first kappa shape index (κ1) is 31.5. The van der Waals surface area contributed by atoms with Gasteiger partial charge in [0.1, 0.15) is 5.75 Å². The molecule has 0 saturated carbocycles. The van der Waals surface area contributed by atoms with Gasteiger partial charge in [0.05, 0.1) is 53.8 Å². The molecule has 1 atom stereocenters. The summed E-state index contributed by atoms with van der Waals surface area (Å²) in [7, 11) is 3.04. The van der Waals surface area contributed by atoms with Crippen molar-refractivity contribution in [3.05, 3.63) is 81.4 Å². The zero-order valence-electron chi connectivity index (χ0n) is 23.5. The molecular weight excluding hydrogens is 696 g/mol. The Balaban J connectivity index is 1.84. The highest BCUT2D eigenvalue weighted by atomic mass is 79.9. The minimum Gasteiger partial charge on any atom is -0.493 e. The number of carbonyl (C=O) groups is 2. The molecule has 3 aromatic rings. The van der Waals surface area contributed by atoms with Crippen LogP contribution in [-0.2, 0) is 19.1 Å². The highest BCUT2D eigenvalue weighted by Crippen LogP contribution is 2.40. The number of fused-ring (bicyclic) bond motifs is 1. The minimum atomic E-state index is -0.845. The van der Waals surface area contributed by atoms with Crippen LogP contribution in [-0.4, -0.2) is 50.5 Å². The molecular formula is C29H28Br2N2O8S. The van der Waals surface area contributed by atoms with Crippen LogP contribution in [0.2, 0.25) is 0 Å². The van der Waals surface area contributed by atoms with Gasteiger partial charge in [0, 0.05) is 4.47 Å². The highest BCUT2D eigenvalue weighted by molar-refractivity contribution is 9.10. The molecule has 10 nitrogen and oxygen atoms in total. The number of aromatic nitrogens is 1. The van der Waals surface area contributed by atoms with Crippen LogP contribution >= 0.6 is 43.2 Å². The Bertz CT molecular complexity index is 1740. The molecule has 13 heteroatoms. The van der Waals surface area contributed by atoms with Gasteiger partial charge in [0.15, 0.2) is 22.9 Å². The molecule has 0 fully saturated rings. The van der Waals surface area contributed by atoms with Crippen LogP contribution in [0.25, 0.3) is 6.08 Å².